The maximum Gasteiger partial charge on any atom is 0.350 e. The Labute approximate surface area is 134 Å². The molecule has 0 aliphatic heterocycles. The first kappa shape index (κ1) is 17.8. The summed E-state index contributed by atoms with van der Waals surface area (Å²) < 4.78 is 17.8. The van der Waals surface area contributed by atoms with E-state index in [9.17, 15) is 4.57 Å². The summed E-state index contributed by atoms with van der Waals surface area (Å²) in [6.07, 6.45) is 2.16. The quantitative estimate of drug-likeness (QED) is 0.688. The predicted molar refractivity (Wildman–Crippen MR) is 86.3 cm³/mol. The zero-order valence-corrected chi connectivity index (χ0v) is 14.3. The normalized spacial score (nSPS) is 13.4. The zero-order valence-electron chi connectivity index (χ0n) is 13.5. The number of nitrogens with zero attached hydrogens (tertiary/aromatic N) is 5. The molecule has 0 aliphatic carbocycles. The van der Waals surface area contributed by atoms with Gasteiger partial charge in [0.1, 0.15) is 12.7 Å². The van der Waals surface area contributed by atoms with E-state index in [1.807, 2.05) is 13.8 Å². The fourth-order valence-corrected chi connectivity index (χ4v) is 2.76. The second-order valence-electron chi connectivity index (χ2n) is 5.21. The average Bonchev–Trinajstić information content (AvgIpc) is 2.90. The fourth-order valence-electron chi connectivity index (χ4n) is 2.31. The molecule has 23 heavy (non-hydrogen) atoms. The molecule has 2 heterocycles. The van der Waals surface area contributed by atoms with E-state index in [1.165, 1.54) is 6.33 Å². The van der Waals surface area contributed by atoms with Gasteiger partial charge < -0.3 is 24.0 Å². The molecule has 0 amide bonds. The second kappa shape index (κ2) is 7.35. The Bertz CT molecular complexity index is 697. The molecule has 10 heteroatoms. The summed E-state index contributed by atoms with van der Waals surface area (Å²) in [6.45, 7) is 7.87. The molecule has 0 fully saturated rings. The molecular formula is C13H22N5O4P. The molecule has 128 valence electrons. The smallest absolute Gasteiger partial charge is 0.350 e. The monoisotopic (exact) mass is 343 g/mol. The van der Waals surface area contributed by atoms with Crippen molar-refractivity contribution < 1.29 is 19.1 Å². The number of hydrogen-bond donors (Lipinski definition) is 2. The van der Waals surface area contributed by atoms with E-state index < -0.39 is 13.9 Å². The van der Waals surface area contributed by atoms with Gasteiger partial charge in [-0.25, -0.2) is 15.0 Å². The first-order chi connectivity index (χ1) is 10.9. The Balaban J connectivity index is 2.20. The molecule has 0 saturated carbocycles. The van der Waals surface area contributed by atoms with Gasteiger partial charge in [0.15, 0.2) is 17.0 Å². The minimum absolute atomic E-state index is 0.383. The molecule has 0 aromatic carbocycles. The van der Waals surface area contributed by atoms with Crippen LogP contribution in [0.2, 0.25) is 0 Å². The summed E-state index contributed by atoms with van der Waals surface area (Å²) in [5, 5.41) is 0. The van der Waals surface area contributed by atoms with Gasteiger partial charge in [-0.1, -0.05) is 0 Å². The molecule has 2 rings (SSSR count). The lowest BCUT2D eigenvalue weighted by atomic mass is 10.4. The first-order valence-electron chi connectivity index (χ1n) is 7.42. The molecule has 0 radical (unpaired) electrons. The van der Waals surface area contributed by atoms with Crippen LogP contribution in [0.3, 0.4) is 0 Å². The van der Waals surface area contributed by atoms with Gasteiger partial charge in [-0.15, -0.1) is 0 Å². The van der Waals surface area contributed by atoms with Gasteiger partial charge >= 0.3 is 7.60 Å². The van der Waals surface area contributed by atoms with E-state index in [4.69, 9.17) is 14.5 Å². The second-order valence-corrected chi connectivity index (χ2v) is 6.80. The lowest BCUT2D eigenvalue weighted by Crippen LogP contribution is -2.23. The highest BCUT2D eigenvalue weighted by molar-refractivity contribution is 7.51. The maximum absolute atomic E-state index is 10.9. The molecule has 0 unspecified atom stereocenters. The highest BCUT2D eigenvalue weighted by atomic mass is 31.2. The van der Waals surface area contributed by atoms with Crippen LogP contribution in [0.5, 0.6) is 0 Å². The van der Waals surface area contributed by atoms with Crippen molar-refractivity contribution in [1.29, 1.82) is 0 Å². The Morgan fingerprint density at radius 1 is 1.30 bits per heavy atom. The van der Waals surface area contributed by atoms with E-state index >= 15 is 0 Å². The predicted octanol–water partition coefficient (Wildman–Crippen LogP) is 1.21. The first-order valence-corrected chi connectivity index (χ1v) is 9.22. The molecule has 2 aromatic rings. The molecule has 0 spiro atoms. The van der Waals surface area contributed by atoms with Gasteiger partial charge in [-0.2, -0.15) is 0 Å². The zero-order chi connectivity index (χ0) is 17.0. The van der Waals surface area contributed by atoms with Crippen LogP contribution in [0, 0.1) is 0 Å². The van der Waals surface area contributed by atoms with Gasteiger partial charge in [0.05, 0.1) is 19.0 Å². The Morgan fingerprint density at radius 2 is 2.00 bits per heavy atom. The summed E-state index contributed by atoms with van der Waals surface area (Å²) in [5.41, 5.74) is 1.38. The van der Waals surface area contributed by atoms with Crippen molar-refractivity contribution in [2.24, 2.45) is 0 Å². The van der Waals surface area contributed by atoms with Crippen molar-refractivity contribution in [3.63, 3.8) is 0 Å². The average molecular weight is 343 g/mol. The minimum Gasteiger partial charge on any atom is -0.364 e. The topological polar surface area (TPSA) is 114 Å². The van der Waals surface area contributed by atoms with E-state index in [1.54, 1.807) is 17.8 Å². The summed E-state index contributed by atoms with van der Waals surface area (Å²) in [5.74, 6) is 0.780. The molecule has 9 nitrogen and oxygen atoms in total. The largest absolute Gasteiger partial charge is 0.364 e. The molecular weight excluding hydrogens is 321 g/mol. The number of rotatable bonds is 8. The van der Waals surface area contributed by atoms with Crippen LogP contribution < -0.4 is 4.90 Å². The molecule has 0 aliphatic rings. The molecule has 1 atom stereocenters. The van der Waals surface area contributed by atoms with Gasteiger partial charge in [0.25, 0.3) is 0 Å². The summed E-state index contributed by atoms with van der Waals surface area (Å²) in [6, 6.07) is 0. The lowest BCUT2D eigenvalue weighted by molar-refractivity contribution is 0.0764. The lowest BCUT2D eigenvalue weighted by Gasteiger charge is -2.19. The van der Waals surface area contributed by atoms with Gasteiger partial charge in [-0.05, 0) is 20.8 Å². The third-order valence-corrected chi connectivity index (χ3v) is 3.91. The summed E-state index contributed by atoms with van der Waals surface area (Å²) in [7, 11) is -4.17. The Hall–Kier alpha value is -1.54. The van der Waals surface area contributed by atoms with Crippen molar-refractivity contribution in [3.05, 3.63) is 12.7 Å². The number of imidazole rings is 1. The number of aromatic nitrogens is 4. The van der Waals surface area contributed by atoms with Crippen LogP contribution in [0.1, 0.15) is 20.8 Å². The number of fused-ring (bicyclic) bond motifs is 1. The number of ether oxygens (including phenoxy) is 1. The van der Waals surface area contributed by atoms with Crippen LogP contribution in [0.4, 0.5) is 5.82 Å². The van der Waals surface area contributed by atoms with Crippen molar-refractivity contribution in [3.8, 4) is 0 Å². The van der Waals surface area contributed by atoms with Crippen LogP contribution in [-0.4, -0.2) is 54.8 Å². The van der Waals surface area contributed by atoms with E-state index in [0.29, 0.717) is 17.7 Å². The summed E-state index contributed by atoms with van der Waals surface area (Å²) >= 11 is 0. The Morgan fingerprint density at radius 3 is 2.61 bits per heavy atom. The summed E-state index contributed by atoms with van der Waals surface area (Å²) in [4.78, 5) is 32.8. The van der Waals surface area contributed by atoms with Gasteiger partial charge in [0, 0.05) is 13.1 Å². The van der Waals surface area contributed by atoms with Crippen molar-refractivity contribution >= 4 is 24.6 Å². The van der Waals surface area contributed by atoms with E-state index in [-0.39, 0.29) is 6.10 Å². The van der Waals surface area contributed by atoms with Crippen LogP contribution in [-0.2, 0) is 15.8 Å². The highest BCUT2D eigenvalue weighted by Crippen LogP contribution is 2.34. The third kappa shape index (κ3) is 4.48. The van der Waals surface area contributed by atoms with Crippen LogP contribution >= 0.6 is 7.60 Å². The standard InChI is InChI=1S/C13H22N5O4P/c1-4-17(5-2)12-11-13(15-7-14-12)18(8-16-11)6-10(3)22-9-23(19,20)21/h7-8,10H,4-6,9H2,1-3H3,(H2,19,20,21)/t10-/m1/s1. The molecule has 0 bridgehead atoms. The van der Waals surface area contributed by atoms with E-state index in [0.717, 1.165) is 18.9 Å². The molecule has 2 aromatic heterocycles. The van der Waals surface area contributed by atoms with Crippen molar-refractivity contribution in [2.45, 2.75) is 33.4 Å². The van der Waals surface area contributed by atoms with Crippen molar-refractivity contribution in [2.75, 3.05) is 24.3 Å². The third-order valence-electron chi connectivity index (χ3n) is 3.43. The maximum atomic E-state index is 10.9. The fraction of sp³-hybridized carbons (Fsp3) is 0.615. The highest BCUT2D eigenvalue weighted by Gasteiger charge is 2.18. The van der Waals surface area contributed by atoms with Crippen LogP contribution in [0.15, 0.2) is 12.7 Å². The van der Waals surface area contributed by atoms with Crippen molar-refractivity contribution in [1.82, 2.24) is 19.5 Å². The van der Waals surface area contributed by atoms with Gasteiger partial charge in [0.2, 0.25) is 0 Å². The number of hydrogen-bond acceptors (Lipinski definition) is 6. The Kier molecular flexibility index (Phi) is 5.69. The molecule has 2 N–H and O–H groups in total. The minimum atomic E-state index is -4.17. The number of anilines is 1. The van der Waals surface area contributed by atoms with E-state index in [2.05, 4.69) is 19.9 Å². The molecule has 0 saturated heterocycles. The SMILES string of the molecule is CCN(CC)c1ncnc2c1ncn2C[C@@H](C)OCP(=O)(O)O. The van der Waals surface area contributed by atoms with Crippen LogP contribution in [0.25, 0.3) is 11.2 Å². The van der Waals surface area contributed by atoms with Gasteiger partial charge in [-0.3, -0.25) is 4.57 Å².